The number of rotatable bonds is 2. The molecule has 0 aliphatic rings. The van der Waals surface area contributed by atoms with E-state index in [-0.39, 0.29) is 4.75 Å². The Labute approximate surface area is 92.3 Å². The molecule has 0 saturated carbocycles. The van der Waals surface area contributed by atoms with Crippen LogP contribution in [0.2, 0.25) is 5.02 Å². The van der Waals surface area contributed by atoms with Crippen LogP contribution < -0.4 is 4.72 Å². The van der Waals surface area contributed by atoms with Crippen LogP contribution in [0.25, 0.3) is 0 Å². The van der Waals surface area contributed by atoms with Crippen LogP contribution in [0.5, 0.6) is 0 Å². The topological polar surface area (TPSA) is 29.1 Å². The predicted octanol–water partition coefficient (Wildman–Crippen LogP) is 3.21. The second-order valence-corrected chi connectivity index (χ2v) is 6.40. The number of anilines is 1. The van der Waals surface area contributed by atoms with E-state index < -0.39 is 11.0 Å². The molecule has 0 heterocycles. The molecule has 14 heavy (non-hydrogen) atoms. The first-order valence-corrected chi connectivity index (χ1v) is 5.86. The van der Waals surface area contributed by atoms with Gasteiger partial charge in [0.15, 0.2) is 0 Å². The van der Waals surface area contributed by atoms with Crippen molar-refractivity contribution in [3.63, 3.8) is 0 Å². The Morgan fingerprint density at radius 2 is 2.00 bits per heavy atom. The quantitative estimate of drug-likeness (QED) is 0.832. The molecule has 0 aromatic heterocycles. The summed E-state index contributed by atoms with van der Waals surface area (Å²) in [5, 5.41) is 0.640. The molecule has 1 unspecified atom stereocenters. The lowest BCUT2D eigenvalue weighted by Gasteiger charge is -2.18. The Morgan fingerprint density at radius 1 is 1.36 bits per heavy atom. The van der Waals surface area contributed by atoms with E-state index in [1.807, 2.05) is 32.9 Å². The lowest BCUT2D eigenvalue weighted by atomic mass is 10.3. The molecule has 78 valence electrons. The number of hydrogen-bond acceptors (Lipinski definition) is 1. The lowest BCUT2D eigenvalue weighted by Crippen LogP contribution is -2.27. The molecular formula is C10H14ClNOS. The van der Waals surface area contributed by atoms with Gasteiger partial charge in [0.25, 0.3) is 0 Å². The van der Waals surface area contributed by atoms with E-state index in [9.17, 15) is 4.21 Å². The van der Waals surface area contributed by atoms with Gasteiger partial charge in [-0.2, -0.15) is 0 Å². The molecule has 1 aromatic rings. The first-order valence-electron chi connectivity index (χ1n) is 4.34. The Bertz CT molecular complexity index is 346. The van der Waals surface area contributed by atoms with Crippen molar-refractivity contribution in [3.05, 3.63) is 29.3 Å². The van der Waals surface area contributed by atoms with Gasteiger partial charge in [0, 0.05) is 10.7 Å². The molecular weight excluding hydrogens is 218 g/mol. The molecule has 2 nitrogen and oxygen atoms in total. The molecule has 1 aromatic carbocycles. The zero-order valence-corrected chi connectivity index (χ0v) is 10.1. The maximum absolute atomic E-state index is 11.7. The lowest BCUT2D eigenvalue weighted by molar-refractivity contribution is 0.653. The zero-order valence-electron chi connectivity index (χ0n) is 8.50. The van der Waals surface area contributed by atoms with Gasteiger partial charge in [-0.1, -0.05) is 17.7 Å². The molecule has 1 atom stereocenters. The SMILES string of the molecule is CC(C)(C)S(=O)Nc1cccc(Cl)c1. The van der Waals surface area contributed by atoms with Crippen LogP contribution in [-0.4, -0.2) is 8.96 Å². The van der Waals surface area contributed by atoms with Crippen LogP contribution >= 0.6 is 11.6 Å². The zero-order chi connectivity index (χ0) is 10.8. The van der Waals surface area contributed by atoms with Crippen molar-refractivity contribution < 1.29 is 4.21 Å². The smallest absolute Gasteiger partial charge is 0.122 e. The van der Waals surface area contributed by atoms with Gasteiger partial charge in [-0.15, -0.1) is 0 Å². The van der Waals surface area contributed by atoms with E-state index in [1.165, 1.54) is 0 Å². The minimum atomic E-state index is -1.11. The maximum atomic E-state index is 11.7. The van der Waals surface area contributed by atoms with Crippen LogP contribution in [-0.2, 0) is 11.0 Å². The highest BCUT2D eigenvalue weighted by Crippen LogP contribution is 2.18. The minimum absolute atomic E-state index is 0.275. The highest BCUT2D eigenvalue weighted by Gasteiger charge is 2.19. The number of hydrogen-bond donors (Lipinski definition) is 1. The fraction of sp³-hybridized carbons (Fsp3) is 0.400. The van der Waals surface area contributed by atoms with E-state index in [1.54, 1.807) is 12.1 Å². The number of halogens is 1. The van der Waals surface area contributed by atoms with E-state index in [2.05, 4.69) is 4.72 Å². The fourth-order valence-electron chi connectivity index (χ4n) is 0.812. The molecule has 4 heteroatoms. The van der Waals surface area contributed by atoms with Gasteiger partial charge in [0.2, 0.25) is 0 Å². The first-order chi connectivity index (χ1) is 6.39. The molecule has 0 radical (unpaired) electrons. The van der Waals surface area contributed by atoms with Gasteiger partial charge in [0.1, 0.15) is 11.0 Å². The van der Waals surface area contributed by atoms with Gasteiger partial charge < -0.3 is 4.72 Å². The van der Waals surface area contributed by atoms with Gasteiger partial charge in [-0.25, -0.2) is 4.21 Å². The van der Waals surface area contributed by atoms with Crippen molar-refractivity contribution in [3.8, 4) is 0 Å². The molecule has 0 spiro atoms. The molecule has 0 saturated heterocycles. The second kappa shape index (κ2) is 4.32. The van der Waals surface area contributed by atoms with Gasteiger partial charge in [-0.3, -0.25) is 0 Å². The van der Waals surface area contributed by atoms with E-state index >= 15 is 0 Å². The average Bonchev–Trinajstić information content (AvgIpc) is 2.02. The Kier molecular flexibility index (Phi) is 3.56. The van der Waals surface area contributed by atoms with Crippen molar-refractivity contribution in [2.24, 2.45) is 0 Å². The Hall–Kier alpha value is -0.540. The van der Waals surface area contributed by atoms with Gasteiger partial charge in [0.05, 0.1) is 4.75 Å². The minimum Gasteiger partial charge on any atom is -0.305 e. The molecule has 0 fully saturated rings. The van der Waals surface area contributed by atoms with Crippen molar-refractivity contribution in [2.75, 3.05) is 4.72 Å². The monoisotopic (exact) mass is 231 g/mol. The number of benzene rings is 1. The highest BCUT2D eigenvalue weighted by molar-refractivity contribution is 7.87. The van der Waals surface area contributed by atoms with Crippen LogP contribution in [0.4, 0.5) is 5.69 Å². The third-order valence-electron chi connectivity index (χ3n) is 1.59. The summed E-state index contributed by atoms with van der Waals surface area (Å²) in [6.07, 6.45) is 0. The first kappa shape index (κ1) is 11.5. The standard InChI is InChI=1S/C10H14ClNOS/c1-10(2,3)14(13)12-9-6-4-5-8(11)7-9/h4-7,12H,1-3H3. The molecule has 1 rings (SSSR count). The van der Waals surface area contributed by atoms with E-state index in [4.69, 9.17) is 11.6 Å². The third-order valence-corrected chi connectivity index (χ3v) is 3.36. The van der Waals surface area contributed by atoms with Crippen LogP contribution in [0.1, 0.15) is 20.8 Å². The molecule has 1 N–H and O–H groups in total. The second-order valence-electron chi connectivity index (χ2n) is 3.99. The summed E-state index contributed by atoms with van der Waals surface area (Å²) in [4.78, 5) is 0. The maximum Gasteiger partial charge on any atom is 0.122 e. The predicted molar refractivity (Wildman–Crippen MR) is 63.0 cm³/mol. The molecule has 0 aliphatic carbocycles. The number of nitrogens with one attached hydrogen (secondary N) is 1. The van der Waals surface area contributed by atoms with Crippen LogP contribution in [0.3, 0.4) is 0 Å². The molecule has 0 aliphatic heterocycles. The van der Waals surface area contributed by atoms with Crippen molar-refractivity contribution in [1.29, 1.82) is 0 Å². The van der Waals surface area contributed by atoms with Crippen molar-refractivity contribution >= 4 is 28.3 Å². The summed E-state index contributed by atoms with van der Waals surface area (Å²) in [5.74, 6) is 0. The van der Waals surface area contributed by atoms with Gasteiger partial charge >= 0.3 is 0 Å². The summed E-state index contributed by atoms with van der Waals surface area (Å²) in [5.41, 5.74) is 0.783. The normalized spacial score (nSPS) is 13.7. The van der Waals surface area contributed by atoms with Crippen LogP contribution in [0.15, 0.2) is 24.3 Å². The van der Waals surface area contributed by atoms with Gasteiger partial charge in [-0.05, 0) is 39.0 Å². The summed E-state index contributed by atoms with van der Waals surface area (Å²) < 4.78 is 14.3. The van der Waals surface area contributed by atoms with E-state index in [0.717, 1.165) is 5.69 Å². The van der Waals surface area contributed by atoms with Crippen LogP contribution in [0, 0.1) is 0 Å². The fourth-order valence-corrected chi connectivity index (χ4v) is 1.65. The molecule has 0 bridgehead atoms. The van der Waals surface area contributed by atoms with Crippen molar-refractivity contribution in [2.45, 2.75) is 25.5 Å². The summed E-state index contributed by atoms with van der Waals surface area (Å²) in [7, 11) is -1.11. The third kappa shape index (κ3) is 3.31. The summed E-state index contributed by atoms with van der Waals surface area (Å²) in [6, 6.07) is 7.21. The summed E-state index contributed by atoms with van der Waals surface area (Å²) >= 11 is 5.80. The highest BCUT2D eigenvalue weighted by atomic mass is 35.5. The Morgan fingerprint density at radius 3 is 2.50 bits per heavy atom. The largest absolute Gasteiger partial charge is 0.305 e. The van der Waals surface area contributed by atoms with E-state index in [0.29, 0.717) is 5.02 Å². The Balaban J connectivity index is 2.75. The van der Waals surface area contributed by atoms with Crippen molar-refractivity contribution in [1.82, 2.24) is 0 Å². The summed E-state index contributed by atoms with van der Waals surface area (Å²) in [6.45, 7) is 5.75. The average molecular weight is 232 g/mol. The molecule has 0 amide bonds.